The molecule has 39 heavy (non-hydrogen) atoms. The van der Waals surface area contributed by atoms with E-state index in [1.807, 2.05) is 26.0 Å². The van der Waals surface area contributed by atoms with Gasteiger partial charge in [-0.1, -0.05) is 30.7 Å². The van der Waals surface area contributed by atoms with E-state index in [-0.39, 0.29) is 48.6 Å². The van der Waals surface area contributed by atoms with Gasteiger partial charge < -0.3 is 34.1 Å². The number of allylic oxidation sites excluding steroid dienone is 2. The van der Waals surface area contributed by atoms with Gasteiger partial charge in [0.05, 0.1) is 44.5 Å². The fourth-order valence-electron chi connectivity index (χ4n) is 5.16. The molecule has 1 amide bonds. The highest BCUT2D eigenvalue weighted by Crippen LogP contribution is 2.43. The van der Waals surface area contributed by atoms with Gasteiger partial charge in [0.15, 0.2) is 0 Å². The van der Waals surface area contributed by atoms with Crippen LogP contribution in [0.1, 0.15) is 60.3 Å². The van der Waals surface area contributed by atoms with Crippen molar-refractivity contribution in [2.75, 3.05) is 13.7 Å². The first-order valence-corrected chi connectivity index (χ1v) is 13.6. The molecule has 218 valence electrons. The van der Waals surface area contributed by atoms with Gasteiger partial charge in [-0.25, -0.2) is 0 Å². The third-order valence-electron chi connectivity index (χ3n) is 7.55. The molecule has 0 unspecified atom stereocenters. The van der Waals surface area contributed by atoms with Crippen molar-refractivity contribution in [2.45, 2.75) is 109 Å². The van der Waals surface area contributed by atoms with E-state index in [4.69, 9.17) is 23.7 Å². The average Bonchev–Trinajstić information content (AvgIpc) is 3.64. The van der Waals surface area contributed by atoms with Crippen molar-refractivity contribution >= 4 is 17.8 Å². The zero-order chi connectivity index (χ0) is 28.7. The normalized spacial score (nSPS) is 35.7. The highest BCUT2D eigenvalue weighted by atomic mass is 16.6. The molecule has 3 fully saturated rings. The predicted molar refractivity (Wildman–Crippen MR) is 143 cm³/mol. The van der Waals surface area contributed by atoms with Crippen LogP contribution in [0.2, 0.25) is 0 Å². The molecule has 0 aromatic carbocycles. The van der Waals surface area contributed by atoms with E-state index < -0.39 is 29.9 Å². The van der Waals surface area contributed by atoms with E-state index in [9.17, 15) is 19.5 Å². The Labute approximate surface area is 230 Å². The molecule has 0 radical (unpaired) electrons. The minimum atomic E-state index is -0.801. The van der Waals surface area contributed by atoms with Crippen molar-refractivity contribution < 1.29 is 43.2 Å². The molecule has 0 aromatic heterocycles. The fraction of sp³-hybridized carbons (Fsp3) is 0.690. The summed E-state index contributed by atoms with van der Waals surface area (Å²) in [6, 6.07) is -0.123. The number of carbonyl (C=O) groups excluding carboxylic acids is 3. The summed E-state index contributed by atoms with van der Waals surface area (Å²) in [6.45, 7) is 9.51. The number of aliphatic hydroxyl groups excluding tert-OH is 1. The van der Waals surface area contributed by atoms with Crippen LogP contribution in [-0.4, -0.2) is 84.9 Å². The van der Waals surface area contributed by atoms with Crippen molar-refractivity contribution in [1.82, 2.24) is 5.32 Å². The van der Waals surface area contributed by atoms with Gasteiger partial charge in [-0.3, -0.25) is 14.4 Å². The van der Waals surface area contributed by atoms with Crippen LogP contribution in [0.3, 0.4) is 0 Å². The van der Waals surface area contributed by atoms with Crippen molar-refractivity contribution in [1.29, 1.82) is 0 Å². The second-order valence-corrected chi connectivity index (χ2v) is 10.9. The van der Waals surface area contributed by atoms with Gasteiger partial charge in [0.2, 0.25) is 5.91 Å². The van der Waals surface area contributed by atoms with Gasteiger partial charge in [0.1, 0.15) is 23.9 Å². The van der Waals surface area contributed by atoms with E-state index in [1.54, 1.807) is 13.0 Å². The Hall–Kier alpha value is -2.53. The Balaban J connectivity index is 1.50. The summed E-state index contributed by atoms with van der Waals surface area (Å²) in [5.41, 5.74) is 0.352. The second-order valence-electron chi connectivity index (χ2n) is 10.9. The van der Waals surface area contributed by atoms with Gasteiger partial charge in [0, 0.05) is 19.4 Å². The first-order chi connectivity index (χ1) is 18.4. The number of esters is 2. The molecule has 0 bridgehead atoms. The number of rotatable bonds is 10. The van der Waals surface area contributed by atoms with Crippen LogP contribution in [0.5, 0.6) is 0 Å². The summed E-state index contributed by atoms with van der Waals surface area (Å²) >= 11 is 0. The van der Waals surface area contributed by atoms with Crippen LogP contribution in [0.4, 0.5) is 0 Å². The van der Waals surface area contributed by atoms with Crippen molar-refractivity contribution in [3.8, 4) is 0 Å². The van der Waals surface area contributed by atoms with E-state index in [2.05, 4.69) is 18.3 Å². The minimum absolute atomic E-state index is 0.000115. The Bertz CT molecular complexity index is 970. The predicted octanol–water partition coefficient (Wildman–Crippen LogP) is 2.54. The maximum absolute atomic E-state index is 12.3. The first-order valence-electron chi connectivity index (χ1n) is 13.6. The SMILES string of the molecule is COC(=O)C[C@@H]1C[C@@]2(CO2)[C@H](O)[C@@H](/C=C/C(C)=C/C[C@@H]2O[C@H](C)[C@H](NC(=O)/C=C\[C@H](C)OC(C)=O)C[C@H]2C)O1. The molecule has 9 atom stereocenters. The van der Waals surface area contributed by atoms with Gasteiger partial charge in [-0.2, -0.15) is 0 Å². The molecule has 3 rings (SSSR count). The third-order valence-corrected chi connectivity index (χ3v) is 7.55. The number of nitrogens with one attached hydrogen (secondary N) is 1. The third kappa shape index (κ3) is 8.99. The summed E-state index contributed by atoms with van der Waals surface area (Å²) in [7, 11) is 1.34. The Morgan fingerprint density at radius 2 is 1.90 bits per heavy atom. The summed E-state index contributed by atoms with van der Waals surface area (Å²) < 4.78 is 27.5. The van der Waals surface area contributed by atoms with E-state index >= 15 is 0 Å². The van der Waals surface area contributed by atoms with Crippen molar-refractivity contribution in [3.63, 3.8) is 0 Å². The lowest BCUT2D eigenvalue weighted by atomic mass is 9.87. The molecule has 10 nitrogen and oxygen atoms in total. The maximum atomic E-state index is 12.3. The van der Waals surface area contributed by atoms with E-state index in [0.717, 1.165) is 12.0 Å². The lowest BCUT2D eigenvalue weighted by Crippen LogP contribution is -2.50. The van der Waals surface area contributed by atoms with Crippen LogP contribution < -0.4 is 5.32 Å². The molecule has 3 aliphatic rings. The van der Waals surface area contributed by atoms with Gasteiger partial charge in [-0.15, -0.1) is 0 Å². The summed E-state index contributed by atoms with van der Waals surface area (Å²) in [5.74, 6) is -0.779. The van der Waals surface area contributed by atoms with Crippen LogP contribution in [-0.2, 0) is 38.1 Å². The highest BCUT2D eigenvalue weighted by molar-refractivity contribution is 5.87. The standard InChI is InChI=1S/C29H43NO9/c1-17(8-11-25-28(34)29(16-36-29)15-22(39-25)14-27(33)35-6)7-10-24-18(2)13-23(20(4)38-24)30-26(32)12-9-19(3)37-21(5)31/h7-9,11-12,18-20,22-25,28,34H,10,13-16H2,1-6H3,(H,30,32)/b11-8+,12-9-,17-7+/t18-,19+,20-,22-,23-,24+,25-,28-,29-/m1/s1. The van der Waals surface area contributed by atoms with E-state index in [0.29, 0.717) is 19.4 Å². The quantitative estimate of drug-likeness (QED) is 0.183. The van der Waals surface area contributed by atoms with Crippen molar-refractivity contribution in [2.24, 2.45) is 5.92 Å². The molecular formula is C29H43NO9. The van der Waals surface area contributed by atoms with Crippen LogP contribution in [0.25, 0.3) is 0 Å². The van der Waals surface area contributed by atoms with Gasteiger partial charge >= 0.3 is 11.9 Å². The number of aliphatic hydroxyl groups is 1. The summed E-state index contributed by atoms with van der Waals surface area (Å²) in [5, 5.41) is 13.7. The summed E-state index contributed by atoms with van der Waals surface area (Å²) in [4.78, 5) is 35.1. The molecule has 10 heteroatoms. The molecule has 0 saturated carbocycles. The van der Waals surface area contributed by atoms with Gasteiger partial charge in [0.25, 0.3) is 0 Å². The molecule has 0 aliphatic carbocycles. The highest BCUT2D eigenvalue weighted by Gasteiger charge is 2.58. The lowest BCUT2D eigenvalue weighted by molar-refractivity contribution is -0.157. The first kappa shape index (κ1) is 31.0. The molecule has 3 aliphatic heterocycles. The zero-order valence-electron chi connectivity index (χ0n) is 23.8. The molecule has 3 saturated heterocycles. The van der Waals surface area contributed by atoms with Crippen LogP contribution in [0, 0.1) is 5.92 Å². The van der Waals surface area contributed by atoms with Crippen LogP contribution in [0.15, 0.2) is 36.0 Å². The zero-order valence-corrected chi connectivity index (χ0v) is 23.8. The molecule has 1 spiro atoms. The summed E-state index contributed by atoms with van der Waals surface area (Å²) in [6.07, 6.45) is 8.42. The monoisotopic (exact) mass is 549 g/mol. The largest absolute Gasteiger partial charge is 0.469 e. The topological polar surface area (TPSA) is 133 Å². The number of methoxy groups -OCH3 is 1. The van der Waals surface area contributed by atoms with E-state index in [1.165, 1.54) is 20.1 Å². The Morgan fingerprint density at radius 1 is 1.18 bits per heavy atom. The average molecular weight is 550 g/mol. The van der Waals surface area contributed by atoms with Crippen LogP contribution >= 0.6 is 0 Å². The second kappa shape index (κ2) is 13.7. The fourth-order valence-corrected chi connectivity index (χ4v) is 5.16. The van der Waals surface area contributed by atoms with Gasteiger partial charge in [-0.05, 0) is 45.6 Å². The smallest absolute Gasteiger partial charge is 0.308 e. The Morgan fingerprint density at radius 3 is 2.54 bits per heavy atom. The molecule has 3 heterocycles. The number of epoxide rings is 1. The van der Waals surface area contributed by atoms with Crippen molar-refractivity contribution in [3.05, 3.63) is 36.0 Å². The maximum Gasteiger partial charge on any atom is 0.308 e. The molecule has 0 aromatic rings. The number of ether oxygens (including phenoxy) is 5. The number of hydrogen-bond acceptors (Lipinski definition) is 9. The number of carbonyl (C=O) groups is 3. The molecular weight excluding hydrogens is 506 g/mol. The number of amides is 1. The minimum Gasteiger partial charge on any atom is -0.469 e. The lowest BCUT2D eigenvalue weighted by Gasteiger charge is -2.39. The Kier molecular flexibility index (Phi) is 10.9. The molecule has 2 N–H and O–H groups in total. The number of hydrogen-bond donors (Lipinski definition) is 2.